The minimum absolute atomic E-state index is 0. The summed E-state index contributed by atoms with van der Waals surface area (Å²) in [5.74, 6) is 0. The molecule has 3 heteroatoms. The van der Waals surface area contributed by atoms with Crippen molar-refractivity contribution in [2.45, 2.75) is 60.8 Å². The Morgan fingerprint density at radius 3 is 1.40 bits per heavy atom. The van der Waals surface area contributed by atoms with Crippen LogP contribution in [0.25, 0.3) is 0 Å². The number of hydrogen-bond donors (Lipinski definition) is 0. The predicted octanol–water partition coefficient (Wildman–Crippen LogP) is 0.452. The minimum Gasteiger partial charge on any atom is -1.00 e. The Bertz CT molecular complexity index is 780. The maximum atomic E-state index is 5.09. The van der Waals surface area contributed by atoms with E-state index in [1.165, 1.54) is 27.9 Å². The van der Waals surface area contributed by atoms with Crippen molar-refractivity contribution in [2.75, 3.05) is 0 Å². The molecule has 0 aromatic rings. The van der Waals surface area contributed by atoms with Crippen LogP contribution in [-0.2, 0) is 19.8 Å². The molecule has 3 aliphatic rings. The molecule has 0 spiro atoms. The van der Waals surface area contributed by atoms with Crippen LogP contribution in [0.5, 0.6) is 0 Å². The van der Waals surface area contributed by atoms with E-state index >= 15 is 0 Å². The van der Waals surface area contributed by atoms with Gasteiger partial charge in [0.1, 0.15) is 0 Å². The zero-order chi connectivity index (χ0) is 16.9. The van der Waals surface area contributed by atoms with E-state index in [9.17, 15) is 0 Å². The van der Waals surface area contributed by atoms with Gasteiger partial charge in [-0.05, 0) is 0 Å². The molecular weight excluding hydrogens is 426 g/mol. The number of allylic oxidation sites excluding steroid dienone is 12. The van der Waals surface area contributed by atoms with Crippen molar-refractivity contribution in [3.63, 3.8) is 0 Å². The van der Waals surface area contributed by atoms with Gasteiger partial charge in [-0.1, -0.05) is 0 Å². The normalized spacial score (nSPS) is 19.8. The summed E-state index contributed by atoms with van der Waals surface area (Å²) in [6.45, 7) is 13.8. The molecule has 0 amide bonds. The third-order valence-electron chi connectivity index (χ3n) is 5.89. The molecule has 3 rings (SSSR count). The van der Waals surface area contributed by atoms with Gasteiger partial charge in [0.15, 0.2) is 0 Å². The number of hydrogen-bond acceptors (Lipinski definition) is 0. The van der Waals surface area contributed by atoms with Gasteiger partial charge in [0.05, 0.1) is 0 Å². The summed E-state index contributed by atoms with van der Waals surface area (Å²) in [6, 6.07) is 0. The fourth-order valence-electron chi connectivity index (χ4n) is 4.53. The Balaban J connectivity index is 0.00000156. The molecule has 3 aliphatic carbocycles. The van der Waals surface area contributed by atoms with E-state index in [1.807, 2.05) is 0 Å². The molecule has 0 N–H and O–H groups in total. The van der Waals surface area contributed by atoms with E-state index in [0.717, 1.165) is 19.3 Å². The van der Waals surface area contributed by atoms with E-state index in [2.05, 4.69) is 59.8 Å². The Morgan fingerprint density at radius 2 is 1.12 bits per heavy atom. The van der Waals surface area contributed by atoms with Gasteiger partial charge < -0.3 is 24.8 Å². The summed E-state index contributed by atoms with van der Waals surface area (Å²) in [5, 5.41) is 0. The van der Waals surface area contributed by atoms with Crippen molar-refractivity contribution in [1.82, 2.24) is 0 Å². The molecule has 0 aliphatic heterocycles. The maximum absolute atomic E-state index is 5.09. The molecule has 0 atom stereocenters. The Kier molecular flexibility index (Phi) is 7.48. The van der Waals surface area contributed by atoms with Gasteiger partial charge in [0.25, 0.3) is 0 Å². The SMILES string of the molecule is [CH2]=[Zr+2]([C]1=CC(C)=C(C)C1)([C]1=C(C)C=C(C)C1)[C]1=C(C)C=C(C)C1.[Cl-].[Cl-]. The quantitative estimate of drug-likeness (QED) is 0.580. The third-order valence-corrected chi connectivity index (χ3v) is 17.2. The fourth-order valence-corrected chi connectivity index (χ4v) is 16.4. The first-order valence-electron chi connectivity index (χ1n) is 8.71. The fraction of sp³-hybridized carbons (Fsp3) is 0.409. The van der Waals surface area contributed by atoms with Gasteiger partial charge in [-0.3, -0.25) is 0 Å². The second-order valence-electron chi connectivity index (χ2n) is 7.87. The topological polar surface area (TPSA) is 0 Å². The van der Waals surface area contributed by atoms with Crippen LogP contribution in [-0.4, -0.2) is 4.21 Å². The summed E-state index contributed by atoms with van der Waals surface area (Å²) in [6.07, 6.45) is 10.8. The predicted molar refractivity (Wildman–Crippen MR) is 100 cm³/mol. The monoisotopic (exact) mass is 453 g/mol. The van der Waals surface area contributed by atoms with Gasteiger partial charge in [-0.15, -0.1) is 0 Å². The van der Waals surface area contributed by atoms with Crippen LogP contribution in [0.3, 0.4) is 0 Å². The molecule has 0 radical (unpaired) electrons. The van der Waals surface area contributed by atoms with Crippen LogP contribution in [0.4, 0.5) is 0 Å². The van der Waals surface area contributed by atoms with Gasteiger partial charge in [0, 0.05) is 0 Å². The molecule has 0 saturated carbocycles. The van der Waals surface area contributed by atoms with Crippen LogP contribution >= 0.6 is 0 Å². The largest absolute Gasteiger partial charge is 1.00 e. The third kappa shape index (κ3) is 3.90. The molecular formula is C22H29Cl2Zr. The van der Waals surface area contributed by atoms with Crippen LogP contribution in [0, 0.1) is 0 Å². The second kappa shape index (κ2) is 8.20. The molecule has 135 valence electrons. The molecule has 0 unspecified atom stereocenters. The smallest absolute Gasteiger partial charge is 1.00 e. The van der Waals surface area contributed by atoms with Gasteiger partial charge in [-0.2, -0.15) is 0 Å². The number of rotatable bonds is 3. The molecule has 0 aromatic carbocycles. The standard InChI is InChI=1S/3C7H9.CH2.2ClH.Zr/c2*1-6-3-4-7(2)5-6;1-6-4-3-5-7(6)2;;;;/h2*5H,3H2,1-2H3;4H,5H2,1-2H3;1H2;2*1H;/q;;;;;;+2/p-2. The van der Waals surface area contributed by atoms with E-state index in [1.54, 1.807) is 15.4 Å². The van der Waals surface area contributed by atoms with Crippen molar-refractivity contribution < 1.29 is 44.6 Å². The Morgan fingerprint density at radius 1 is 0.680 bits per heavy atom. The van der Waals surface area contributed by atoms with E-state index in [-0.39, 0.29) is 24.8 Å². The van der Waals surface area contributed by atoms with Crippen LogP contribution in [0.2, 0.25) is 0 Å². The average molecular weight is 456 g/mol. The summed E-state index contributed by atoms with van der Waals surface area (Å²) >= 11 is -2.97. The summed E-state index contributed by atoms with van der Waals surface area (Å²) in [5.41, 5.74) is 9.09. The van der Waals surface area contributed by atoms with E-state index in [0.29, 0.717) is 0 Å². The molecule has 0 fully saturated rings. The van der Waals surface area contributed by atoms with Crippen LogP contribution in [0.1, 0.15) is 60.8 Å². The van der Waals surface area contributed by atoms with Crippen molar-refractivity contribution in [3.8, 4) is 0 Å². The van der Waals surface area contributed by atoms with Crippen LogP contribution in [0.15, 0.2) is 61.5 Å². The minimum atomic E-state index is -2.97. The Hall–Kier alpha value is -0.227. The first-order chi connectivity index (χ1) is 10.7. The van der Waals surface area contributed by atoms with Crippen molar-refractivity contribution in [3.05, 3.63) is 61.5 Å². The van der Waals surface area contributed by atoms with Gasteiger partial charge in [-0.25, -0.2) is 0 Å². The van der Waals surface area contributed by atoms with Crippen molar-refractivity contribution in [1.29, 1.82) is 0 Å². The number of halogens is 2. The molecule has 0 saturated heterocycles. The zero-order valence-corrected chi connectivity index (χ0v) is 20.3. The second-order valence-corrected chi connectivity index (χ2v) is 16.9. The molecule has 25 heavy (non-hydrogen) atoms. The first-order valence-corrected chi connectivity index (χ1v) is 14.1. The Labute approximate surface area is 170 Å². The average Bonchev–Trinajstić information content (AvgIpc) is 3.09. The van der Waals surface area contributed by atoms with Crippen molar-refractivity contribution >= 4 is 4.21 Å². The van der Waals surface area contributed by atoms with Gasteiger partial charge in [0.2, 0.25) is 0 Å². The summed E-state index contributed by atoms with van der Waals surface area (Å²) in [7, 11) is 0. The first kappa shape index (κ1) is 22.8. The summed E-state index contributed by atoms with van der Waals surface area (Å²) < 4.78 is 10.2. The molecule has 0 heterocycles. The van der Waals surface area contributed by atoms with E-state index < -0.39 is 19.8 Å². The van der Waals surface area contributed by atoms with Crippen LogP contribution < -0.4 is 24.8 Å². The van der Waals surface area contributed by atoms with E-state index in [4.69, 9.17) is 4.21 Å². The molecule has 0 bridgehead atoms. The maximum Gasteiger partial charge on any atom is -1.00 e. The molecule has 0 nitrogen and oxygen atoms in total. The van der Waals surface area contributed by atoms with Crippen molar-refractivity contribution in [2.24, 2.45) is 0 Å². The zero-order valence-electron chi connectivity index (χ0n) is 16.3. The summed E-state index contributed by atoms with van der Waals surface area (Å²) in [4.78, 5) is 0. The van der Waals surface area contributed by atoms with Gasteiger partial charge >= 0.3 is 146 Å². The molecule has 0 aromatic heterocycles.